The molecular formula is C26H24ClN5O2. The van der Waals surface area contributed by atoms with E-state index in [1.807, 2.05) is 47.5 Å². The van der Waals surface area contributed by atoms with Gasteiger partial charge in [0, 0.05) is 41.8 Å². The van der Waals surface area contributed by atoms with Gasteiger partial charge in [-0.05, 0) is 59.4 Å². The summed E-state index contributed by atoms with van der Waals surface area (Å²) in [6, 6.07) is 14.9. The fourth-order valence-corrected chi connectivity index (χ4v) is 4.60. The molecule has 172 valence electrons. The molecule has 4 aromatic rings. The number of H-pyrrole nitrogens is 1. The number of rotatable bonds is 6. The van der Waals surface area contributed by atoms with Crippen molar-refractivity contribution in [3.8, 4) is 0 Å². The van der Waals surface area contributed by atoms with Gasteiger partial charge in [0.2, 0.25) is 5.91 Å². The molecule has 5 rings (SSSR count). The lowest BCUT2D eigenvalue weighted by molar-refractivity contribution is -0.131. The van der Waals surface area contributed by atoms with Gasteiger partial charge in [0.1, 0.15) is 0 Å². The van der Waals surface area contributed by atoms with Crippen molar-refractivity contribution < 1.29 is 9.59 Å². The number of hydrogen-bond acceptors (Lipinski definition) is 4. The van der Waals surface area contributed by atoms with Crippen LogP contribution in [0.3, 0.4) is 0 Å². The number of pyridine rings is 1. The number of fused-ring (bicyclic) bond motifs is 3. The maximum absolute atomic E-state index is 13.0. The van der Waals surface area contributed by atoms with Crippen LogP contribution in [0.4, 0.5) is 0 Å². The summed E-state index contributed by atoms with van der Waals surface area (Å²) in [7, 11) is 0. The Morgan fingerprint density at radius 1 is 1.09 bits per heavy atom. The molecule has 0 saturated carbocycles. The van der Waals surface area contributed by atoms with Crippen molar-refractivity contribution in [1.82, 2.24) is 25.4 Å². The topological polar surface area (TPSA) is 91.0 Å². The molecule has 8 heteroatoms. The standard InChI is InChI=1S/C26H24ClN5O2/c27-21-6-2-3-17(12-21)7-9-28-26(34)19-5-1-4-18(11-19)13-24(33)32-10-8-22-20(16-32)14-29-25-23(22)15-30-31-25/h1-6,11-12,14-15H,7-10,13,16H2,(H,28,34)(H,29,30,31). The third-order valence-electron chi connectivity index (χ3n) is 6.16. The van der Waals surface area contributed by atoms with E-state index in [0.29, 0.717) is 36.6 Å². The zero-order valence-corrected chi connectivity index (χ0v) is 19.3. The summed E-state index contributed by atoms with van der Waals surface area (Å²) in [6.07, 6.45) is 5.34. The van der Waals surface area contributed by atoms with Crippen molar-refractivity contribution in [1.29, 1.82) is 0 Å². The summed E-state index contributed by atoms with van der Waals surface area (Å²) in [6.45, 7) is 1.69. The molecule has 1 aliphatic heterocycles. The first-order valence-electron chi connectivity index (χ1n) is 11.3. The van der Waals surface area contributed by atoms with Crippen molar-refractivity contribution in [2.75, 3.05) is 13.1 Å². The lowest BCUT2D eigenvalue weighted by Gasteiger charge is -2.29. The van der Waals surface area contributed by atoms with E-state index >= 15 is 0 Å². The molecule has 0 unspecified atom stereocenters. The third kappa shape index (κ3) is 4.79. The van der Waals surface area contributed by atoms with E-state index in [4.69, 9.17) is 11.6 Å². The smallest absolute Gasteiger partial charge is 0.251 e. The number of hydrogen-bond donors (Lipinski definition) is 2. The van der Waals surface area contributed by atoms with Gasteiger partial charge in [-0.1, -0.05) is 35.9 Å². The fraction of sp³-hybridized carbons (Fsp3) is 0.231. The molecule has 0 saturated heterocycles. The SMILES string of the molecule is O=C(NCCc1cccc(Cl)c1)c1cccc(CC(=O)N2CCc3c(cnc4[nH]ncc34)C2)c1. The molecule has 0 spiro atoms. The molecule has 2 aromatic heterocycles. The minimum atomic E-state index is -0.154. The zero-order chi connectivity index (χ0) is 23.5. The van der Waals surface area contributed by atoms with Gasteiger partial charge in [-0.25, -0.2) is 4.98 Å². The highest BCUT2D eigenvalue weighted by molar-refractivity contribution is 6.30. The number of nitrogens with one attached hydrogen (secondary N) is 2. The zero-order valence-electron chi connectivity index (χ0n) is 18.6. The van der Waals surface area contributed by atoms with Gasteiger partial charge in [-0.2, -0.15) is 5.10 Å². The predicted octanol–water partition coefficient (Wildman–Crippen LogP) is 3.71. The minimum absolute atomic E-state index is 0.0384. The second kappa shape index (κ2) is 9.65. The van der Waals surface area contributed by atoms with Crippen LogP contribution in [0.1, 0.15) is 32.6 Å². The fourth-order valence-electron chi connectivity index (χ4n) is 4.39. The Kier molecular flexibility index (Phi) is 6.27. The Labute approximate surface area is 202 Å². The molecule has 0 radical (unpaired) electrons. The highest BCUT2D eigenvalue weighted by atomic mass is 35.5. The van der Waals surface area contributed by atoms with Gasteiger partial charge in [0.25, 0.3) is 5.91 Å². The first kappa shape index (κ1) is 22.1. The molecule has 1 aliphatic rings. The van der Waals surface area contributed by atoms with Crippen LogP contribution in [0.5, 0.6) is 0 Å². The summed E-state index contributed by atoms with van der Waals surface area (Å²) >= 11 is 6.02. The van der Waals surface area contributed by atoms with Gasteiger partial charge >= 0.3 is 0 Å². The first-order chi connectivity index (χ1) is 16.6. The molecule has 0 aliphatic carbocycles. The number of carbonyl (C=O) groups excluding carboxylic acids is 2. The van der Waals surface area contributed by atoms with Crippen LogP contribution in [0, 0.1) is 0 Å². The van der Waals surface area contributed by atoms with Crippen molar-refractivity contribution in [3.63, 3.8) is 0 Å². The predicted molar refractivity (Wildman–Crippen MR) is 131 cm³/mol. The number of aromatic nitrogens is 3. The second-order valence-corrected chi connectivity index (χ2v) is 8.91. The lowest BCUT2D eigenvalue weighted by Crippen LogP contribution is -2.37. The van der Waals surface area contributed by atoms with E-state index in [0.717, 1.165) is 34.1 Å². The highest BCUT2D eigenvalue weighted by Crippen LogP contribution is 2.25. The van der Waals surface area contributed by atoms with E-state index in [9.17, 15) is 9.59 Å². The number of amides is 2. The van der Waals surface area contributed by atoms with E-state index < -0.39 is 0 Å². The summed E-state index contributed by atoms with van der Waals surface area (Å²) in [5.74, 6) is -0.116. The van der Waals surface area contributed by atoms with E-state index in [-0.39, 0.29) is 18.2 Å². The van der Waals surface area contributed by atoms with Crippen LogP contribution in [0.15, 0.2) is 60.9 Å². The van der Waals surface area contributed by atoms with Crippen LogP contribution >= 0.6 is 11.6 Å². The average Bonchev–Trinajstić information content (AvgIpc) is 3.33. The first-order valence-corrected chi connectivity index (χ1v) is 11.6. The molecule has 2 aromatic carbocycles. The van der Waals surface area contributed by atoms with Gasteiger partial charge in [0.15, 0.2) is 5.65 Å². The largest absolute Gasteiger partial charge is 0.352 e. The van der Waals surface area contributed by atoms with Gasteiger partial charge in [-0.3, -0.25) is 14.7 Å². The molecule has 7 nitrogen and oxygen atoms in total. The highest BCUT2D eigenvalue weighted by Gasteiger charge is 2.23. The van der Waals surface area contributed by atoms with Crippen LogP contribution in [-0.2, 0) is 30.6 Å². The molecule has 0 atom stereocenters. The van der Waals surface area contributed by atoms with Gasteiger partial charge < -0.3 is 10.2 Å². The minimum Gasteiger partial charge on any atom is -0.352 e. The lowest BCUT2D eigenvalue weighted by atomic mass is 9.98. The van der Waals surface area contributed by atoms with Gasteiger partial charge in [0.05, 0.1) is 12.6 Å². The van der Waals surface area contributed by atoms with Crippen LogP contribution < -0.4 is 5.32 Å². The number of aromatic amines is 1. The number of benzene rings is 2. The maximum atomic E-state index is 13.0. The Morgan fingerprint density at radius 3 is 2.82 bits per heavy atom. The third-order valence-corrected chi connectivity index (χ3v) is 6.39. The quantitative estimate of drug-likeness (QED) is 0.446. The summed E-state index contributed by atoms with van der Waals surface area (Å²) in [5, 5.41) is 11.6. The van der Waals surface area contributed by atoms with Crippen molar-refractivity contribution in [3.05, 3.63) is 93.8 Å². The summed E-state index contributed by atoms with van der Waals surface area (Å²) in [4.78, 5) is 31.9. The van der Waals surface area contributed by atoms with Gasteiger partial charge in [-0.15, -0.1) is 0 Å². The normalized spacial score (nSPS) is 13.0. The summed E-state index contributed by atoms with van der Waals surface area (Å²) < 4.78 is 0. The second-order valence-electron chi connectivity index (χ2n) is 8.47. The Morgan fingerprint density at radius 2 is 1.94 bits per heavy atom. The summed E-state index contributed by atoms with van der Waals surface area (Å²) in [5.41, 5.74) is 5.48. The molecule has 2 amide bonds. The molecule has 0 fully saturated rings. The molecule has 2 N–H and O–H groups in total. The molecule has 3 heterocycles. The maximum Gasteiger partial charge on any atom is 0.251 e. The molecule has 0 bridgehead atoms. The van der Waals surface area contributed by atoms with Crippen LogP contribution in [0.25, 0.3) is 11.0 Å². The van der Waals surface area contributed by atoms with E-state index in [2.05, 4.69) is 20.5 Å². The van der Waals surface area contributed by atoms with Crippen molar-refractivity contribution >= 4 is 34.4 Å². The van der Waals surface area contributed by atoms with Crippen molar-refractivity contribution in [2.45, 2.75) is 25.8 Å². The van der Waals surface area contributed by atoms with Crippen LogP contribution in [0.2, 0.25) is 5.02 Å². The molecular weight excluding hydrogens is 450 g/mol. The number of nitrogens with zero attached hydrogens (tertiary/aromatic N) is 3. The Balaban J connectivity index is 1.19. The molecule has 34 heavy (non-hydrogen) atoms. The Hall–Kier alpha value is -3.71. The van der Waals surface area contributed by atoms with E-state index in [1.54, 1.807) is 18.3 Å². The Bertz CT molecular complexity index is 1370. The number of halogens is 1. The van der Waals surface area contributed by atoms with Crippen molar-refractivity contribution in [2.24, 2.45) is 0 Å². The van der Waals surface area contributed by atoms with E-state index in [1.165, 1.54) is 5.56 Å². The number of carbonyl (C=O) groups is 2. The monoisotopic (exact) mass is 473 g/mol. The van der Waals surface area contributed by atoms with Crippen LogP contribution in [-0.4, -0.2) is 45.0 Å². The average molecular weight is 474 g/mol.